The Morgan fingerprint density at radius 2 is 1.77 bits per heavy atom. The average molecular weight is 423 g/mol. The van der Waals surface area contributed by atoms with Crippen molar-refractivity contribution in [3.05, 3.63) is 65.4 Å². The molecule has 0 spiro atoms. The molecule has 2 aliphatic rings. The lowest BCUT2D eigenvalue weighted by Gasteiger charge is -2.26. The maximum absolute atomic E-state index is 13.3. The number of ether oxygens (including phenoxy) is 1. The minimum atomic E-state index is -3.59. The molecule has 5 rings (SSSR count). The molecule has 0 unspecified atom stereocenters. The fourth-order valence-electron chi connectivity index (χ4n) is 4.22. The molecule has 0 aliphatic carbocycles. The fourth-order valence-corrected chi connectivity index (χ4v) is 6.08. The summed E-state index contributed by atoms with van der Waals surface area (Å²) in [4.78, 5) is 15.3. The zero-order valence-electron chi connectivity index (χ0n) is 16.5. The molecule has 0 bridgehead atoms. The van der Waals surface area contributed by atoms with Gasteiger partial charge < -0.3 is 9.64 Å². The first-order chi connectivity index (χ1) is 14.5. The van der Waals surface area contributed by atoms with E-state index in [4.69, 9.17) is 4.74 Å². The van der Waals surface area contributed by atoms with Gasteiger partial charge in [-0.1, -0.05) is 36.4 Å². The number of amides is 1. The van der Waals surface area contributed by atoms with Crippen LogP contribution < -0.4 is 0 Å². The molecule has 30 heavy (non-hydrogen) atoms. The standard InChI is InChI=1S/C22H21N3O4S/c1-15-6-5-9-17-20-18(14-30(27,28)21(15)17)19(22(26)24-10-12-29-13-11-24)23-25(20)16-7-3-2-4-8-16/h2-9H,10-14H2,1H3. The van der Waals surface area contributed by atoms with Gasteiger partial charge in [-0.15, -0.1) is 0 Å². The van der Waals surface area contributed by atoms with Crippen molar-refractivity contribution in [2.45, 2.75) is 17.6 Å². The Bertz CT molecular complexity index is 1240. The molecule has 8 heteroatoms. The van der Waals surface area contributed by atoms with Crippen LogP contribution in [0.2, 0.25) is 0 Å². The first-order valence-corrected chi connectivity index (χ1v) is 11.5. The molecule has 1 amide bonds. The van der Waals surface area contributed by atoms with Crippen LogP contribution in [0, 0.1) is 6.92 Å². The third-order valence-corrected chi connectivity index (χ3v) is 7.43. The van der Waals surface area contributed by atoms with Crippen molar-refractivity contribution < 1.29 is 17.9 Å². The highest BCUT2D eigenvalue weighted by Gasteiger charge is 2.38. The molecule has 0 radical (unpaired) electrons. The van der Waals surface area contributed by atoms with Gasteiger partial charge in [-0.3, -0.25) is 4.79 Å². The molecule has 7 nitrogen and oxygen atoms in total. The van der Waals surface area contributed by atoms with Crippen LogP contribution >= 0.6 is 0 Å². The van der Waals surface area contributed by atoms with E-state index in [0.717, 1.165) is 5.69 Å². The number of carbonyl (C=O) groups is 1. The van der Waals surface area contributed by atoms with E-state index >= 15 is 0 Å². The van der Waals surface area contributed by atoms with E-state index in [9.17, 15) is 13.2 Å². The SMILES string of the molecule is Cc1cccc2c1S(=O)(=O)Cc1c(C(=O)N3CCOCC3)nn(-c3ccccc3)c1-2. The number of para-hydroxylation sites is 1. The molecule has 0 N–H and O–H groups in total. The second-order valence-electron chi connectivity index (χ2n) is 7.54. The van der Waals surface area contributed by atoms with Crippen molar-refractivity contribution in [3.63, 3.8) is 0 Å². The Morgan fingerprint density at radius 3 is 2.50 bits per heavy atom. The van der Waals surface area contributed by atoms with Gasteiger partial charge in [0.25, 0.3) is 5.91 Å². The third kappa shape index (κ3) is 2.95. The van der Waals surface area contributed by atoms with Crippen LogP contribution in [0.4, 0.5) is 0 Å². The van der Waals surface area contributed by atoms with Crippen molar-refractivity contribution in [3.8, 4) is 16.9 Å². The molecular weight excluding hydrogens is 402 g/mol. The monoisotopic (exact) mass is 423 g/mol. The second-order valence-corrected chi connectivity index (χ2v) is 9.46. The first-order valence-electron chi connectivity index (χ1n) is 9.84. The minimum absolute atomic E-state index is 0.200. The van der Waals surface area contributed by atoms with Crippen molar-refractivity contribution in [1.29, 1.82) is 0 Å². The maximum atomic E-state index is 13.3. The fraction of sp³-hybridized carbons (Fsp3) is 0.273. The number of fused-ring (bicyclic) bond motifs is 3. The summed E-state index contributed by atoms with van der Waals surface area (Å²) in [7, 11) is -3.59. The minimum Gasteiger partial charge on any atom is -0.378 e. The number of nitrogens with zero attached hydrogens (tertiary/aromatic N) is 3. The number of hydrogen-bond donors (Lipinski definition) is 0. The number of rotatable bonds is 2. The van der Waals surface area contributed by atoms with Crippen LogP contribution in [-0.2, 0) is 20.3 Å². The molecular formula is C22H21N3O4S. The van der Waals surface area contributed by atoms with E-state index in [-0.39, 0.29) is 17.4 Å². The van der Waals surface area contributed by atoms with Crippen molar-refractivity contribution in [1.82, 2.24) is 14.7 Å². The van der Waals surface area contributed by atoms with Gasteiger partial charge in [0.15, 0.2) is 15.5 Å². The van der Waals surface area contributed by atoms with Crippen molar-refractivity contribution in [2.24, 2.45) is 0 Å². The number of benzene rings is 2. The number of aromatic nitrogens is 2. The molecule has 154 valence electrons. The van der Waals surface area contributed by atoms with E-state index in [1.165, 1.54) is 0 Å². The molecule has 0 saturated carbocycles. The quantitative estimate of drug-likeness (QED) is 0.633. The van der Waals surface area contributed by atoms with Gasteiger partial charge >= 0.3 is 0 Å². The van der Waals surface area contributed by atoms with E-state index in [2.05, 4.69) is 5.10 Å². The van der Waals surface area contributed by atoms with Gasteiger partial charge in [0.2, 0.25) is 0 Å². The topological polar surface area (TPSA) is 81.5 Å². The Balaban J connectivity index is 1.78. The zero-order chi connectivity index (χ0) is 20.9. The van der Waals surface area contributed by atoms with Gasteiger partial charge in [0.1, 0.15) is 0 Å². The van der Waals surface area contributed by atoms with E-state index in [1.807, 2.05) is 36.4 Å². The molecule has 2 aliphatic heterocycles. The van der Waals surface area contributed by atoms with Crippen LogP contribution in [0.3, 0.4) is 0 Å². The summed E-state index contributed by atoms with van der Waals surface area (Å²) in [5.41, 5.74) is 3.40. The Labute approximate surface area is 174 Å². The first kappa shape index (κ1) is 19.0. The highest BCUT2D eigenvalue weighted by atomic mass is 32.2. The summed E-state index contributed by atoms with van der Waals surface area (Å²) < 4.78 is 33.4. The Morgan fingerprint density at radius 1 is 1.03 bits per heavy atom. The highest BCUT2D eigenvalue weighted by Crippen LogP contribution is 2.42. The normalized spacial score (nSPS) is 17.3. The third-order valence-electron chi connectivity index (χ3n) is 5.60. The predicted molar refractivity (Wildman–Crippen MR) is 111 cm³/mol. The van der Waals surface area contributed by atoms with Crippen LogP contribution in [0.1, 0.15) is 21.6 Å². The second kappa shape index (κ2) is 7.07. The number of hydrogen-bond acceptors (Lipinski definition) is 5. The van der Waals surface area contributed by atoms with E-state index in [0.29, 0.717) is 53.6 Å². The van der Waals surface area contributed by atoms with Gasteiger partial charge in [-0.05, 0) is 24.6 Å². The van der Waals surface area contributed by atoms with Crippen LogP contribution in [0.15, 0.2) is 53.4 Å². The molecule has 1 saturated heterocycles. The van der Waals surface area contributed by atoms with Crippen LogP contribution in [0.25, 0.3) is 16.9 Å². The lowest BCUT2D eigenvalue weighted by atomic mass is 10.0. The smallest absolute Gasteiger partial charge is 0.274 e. The van der Waals surface area contributed by atoms with Crippen molar-refractivity contribution >= 4 is 15.7 Å². The van der Waals surface area contributed by atoms with Crippen molar-refractivity contribution in [2.75, 3.05) is 26.3 Å². The molecule has 3 aromatic rings. The summed E-state index contributed by atoms with van der Waals surface area (Å²) in [5.74, 6) is -0.492. The van der Waals surface area contributed by atoms with Crippen LogP contribution in [0.5, 0.6) is 0 Å². The number of aryl methyl sites for hydroxylation is 1. The van der Waals surface area contributed by atoms with Gasteiger partial charge in [-0.25, -0.2) is 13.1 Å². The number of morpholine rings is 1. The molecule has 0 atom stereocenters. The van der Waals surface area contributed by atoms with Gasteiger partial charge in [-0.2, -0.15) is 5.10 Å². The molecule has 1 fully saturated rings. The summed E-state index contributed by atoms with van der Waals surface area (Å²) >= 11 is 0. The van der Waals surface area contributed by atoms with E-state index in [1.54, 1.807) is 28.6 Å². The summed E-state index contributed by atoms with van der Waals surface area (Å²) in [5, 5.41) is 4.65. The lowest BCUT2D eigenvalue weighted by molar-refractivity contribution is 0.0298. The largest absolute Gasteiger partial charge is 0.378 e. The zero-order valence-corrected chi connectivity index (χ0v) is 17.4. The van der Waals surface area contributed by atoms with Gasteiger partial charge in [0, 0.05) is 24.2 Å². The highest BCUT2D eigenvalue weighted by molar-refractivity contribution is 7.91. The average Bonchev–Trinajstić information content (AvgIpc) is 3.13. The van der Waals surface area contributed by atoms with Gasteiger partial charge in [0.05, 0.1) is 35.2 Å². The lowest BCUT2D eigenvalue weighted by Crippen LogP contribution is -2.41. The number of carbonyl (C=O) groups excluding carboxylic acids is 1. The Kier molecular flexibility index (Phi) is 4.48. The maximum Gasteiger partial charge on any atom is 0.274 e. The number of sulfone groups is 1. The summed E-state index contributed by atoms with van der Waals surface area (Å²) in [6, 6.07) is 14.9. The predicted octanol–water partition coefficient (Wildman–Crippen LogP) is 2.61. The summed E-state index contributed by atoms with van der Waals surface area (Å²) in [6.45, 7) is 3.66. The molecule has 2 aromatic carbocycles. The summed E-state index contributed by atoms with van der Waals surface area (Å²) in [6.07, 6.45) is 0. The Hall–Kier alpha value is -2.97. The molecule has 3 heterocycles. The molecule has 1 aromatic heterocycles. The van der Waals surface area contributed by atoms with Crippen LogP contribution in [-0.4, -0.2) is 55.3 Å². The van der Waals surface area contributed by atoms with E-state index < -0.39 is 9.84 Å².